The van der Waals surface area contributed by atoms with E-state index in [0.717, 1.165) is 17.4 Å². The lowest BCUT2D eigenvalue weighted by molar-refractivity contribution is 0.399. The van der Waals surface area contributed by atoms with E-state index in [4.69, 9.17) is 0 Å². The van der Waals surface area contributed by atoms with Crippen molar-refractivity contribution in [1.29, 1.82) is 0 Å². The van der Waals surface area contributed by atoms with Gasteiger partial charge in [-0.1, -0.05) is 15.9 Å². The van der Waals surface area contributed by atoms with Crippen molar-refractivity contribution in [2.24, 2.45) is 0 Å². The minimum Gasteiger partial charge on any atom is -0.313 e. The SMILES string of the molecule is O=S(=O)(CC1CCN1)c1ccc(Br)cc1. The van der Waals surface area contributed by atoms with E-state index >= 15 is 0 Å². The summed E-state index contributed by atoms with van der Waals surface area (Å²) in [6, 6.07) is 6.91. The van der Waals surface area contributed by atoms with Gasteiger partial charge in [-0.05, 0) is 37.2 Å². The van der Waals surface area contributed by atoms with Crippen LogP contribution in [0.4, 0.5) is 0 Å². The molecule has 1 aliphatic rings. The Hall–Kier alpha value is -0.390. The molecule has 0 spiro atoms. The van der Waals surface area contributed by atoms with Crippen molar-refractivity contribution in [3.8, 4) is 0 Å². The van der Waals surface area contributed by atoms with Gasteiger partial charge in [-0.15, -0.1) is 0 Å². The zero-order valence-electron chi connectivity index (χ0n) is 8.11. The molecule has 0 saturated carbocycles. The molecule has 1 aliphatic heterocycles. The van der Waals surface area contributed by atoms with Gasteiger partial charge in [0.2, 0.25) is 0 Å². The number of hydrogen-bond donors (Lipinski definition) is 1. The molecule has 0 aromatic heterocycles. The van der Waals surface area contributed by atoms with E-state index in [-0.39, 0.29) is 11.8 Å². The molecule has 1 aromatic rings. The Bertz CT molecular complexity index is 437. The molecule has 1 heterocycles. The number of sulfone groups is 1. The largest absolute Gasteiger partial charge is 0.313 e. The van der Waals surface area contributed by atoms with Crippen molar-refractivity contribution in [2.45, 2.75) is 17.4 Å². The van der Waals surface area contributed by atoms with Crippen LogP contribution in [0, 0.1) is 0 Å². The highest BCUT2D eigenvalue weighted by Gasteiger charge is 2.24. The van der Waals surface area contributed by atoms with Gasteiger partial charge >= 0.3 is 0 Å². The van der Waals surface area contributed by atoms with Crippen molar-refractivity contribution >= 4 is 25.8 Å². The van der Waals surface area contributed by atoms with Gasteiger partial charge in [0.15, 0.2) is 9.84 Å². The first-order chi connectivity index (χ1) is 7.08. The third kappa shape index (κ3) is 2.59. The molecule has 3 nitrogen and oxygen atoms in total. The highest BCUT2D eigenvalue weighted by Crippen LogP contribution is 2.18. The molecule has 1 aromatic carbocycles. The average Bonchev–Trinajstić information content (AvgIpc) is 2.13. The number of hydrogen-bond acceptors (Lipinski definition) is 3. The molecule has 2 rings (SSSR count). The highest BCUT2D eigenvalue weighted by molar-refractivity contribution is 9.10. The van der Waals surface area contributed by atoms with Crippen LogP contribution in [0.15, 0.2) is 33.6 Å². The van der Waals surface area contributed by atoms with Crippen molar-refractivity contribution in [3.63, 3.8) is 0 Å². The molecular formula is C10H12BrNO2S. The summed E-state index contributed by atoms with van der Waals surface area (Å²) < 4.78 is 24.7. The lowest BCUT2D eigenvalue weighted by Crippen LogP contribution is -2.47. The van der Waals surface area contributed by atoms with E-state index < -0.39 is 9.84 Å². The van der Waals surface area contributed by atoms with Crippen LogP contribution in [0.1, 0.15) is 6.42 Å². The van der Waals surface area contributed by atoms with Crippen LogP contribution in [0.2, 0.25) is 0 Å². The molecule has 0 bridgehead atoms. The van der Waals surface area contributed by atoms with E-state index in [1.807, 2.05) is 0 Å². The fourth-order valence-corrected chi connectivity index (χ4v) is 3.32. The summed E-state index contributed by atoms with van der Waals surface area (Å²) in [5.74, 6) is 0.203. The van der Waals surface area contributed by atoms with Crippen molar-refractivity contribution < 1.29 is 8.42 Å². The number of rotatable bonds is 3. The molecule has 5 heteroatoms. The summed E-state index contributed by atoms with van der Waals surface area (Å²) in [5.41, 5.74) is 0. The second kappa shape index (κ2) is 4.23. The van der Waals surface area contributed by atoms with Gasteiger partial charge in [0.05, 0.1) is 10.6 Å². The second-order valence-corrected chi connectivity index (χ2v) is 6.62. The van der Waals surface area contributed by atoms with Crippen LogP contribution >= 0.6 is 15.9 Å². The molecule has 0 aliphatic carbocycles. The predicted molar refractivity (Wildman–Crippen MR) is 62.6 cm³/mol. The quantitative estimate of drug-likeness (QED) is 0.919. The van der Waals surface area contributed by atoms with Crippen LogP contribution in [-0.4, -0.2) is 26.8 Å². The Morgan fingerprint density at radius 2 is 1.93 bits per heavy atom. The Balaban J connectivity index is 2.17. The minimum atomic E-state index is -3.12. The molecule has 1 unspecified atom stereocenters. The molecule has 1 fully saturated rings. The number of benzene rings is 1. The maximum absolute atomic E-state index is 11.9. The van der Waals surface area contributed by atoms with Gasteiger partial charge in [-0.2, -0.15) is 0 Å². The lowest BCUT2D eigenvalue weighted by atomic mass is 10.1. The Labute approximate surface area is 97.9 Å². The van der Waals surface area contributed by atoms with Gasteiger partial charge < -0.3 is 5.32 Å². The van der Waals surface area contributed by atoms with E-state index in [9.17, 15) is 8.42 Å². The van der Waals surface area contributed by atoms with Crippen LogP contribution in [-0.2, 0) is 9.84 Å². The summed E-state index contributed by atoms with van der Waals surface area (Å²) in [6.45, 7) is 0.931. The first-order valence-corrected chi connectivity index (χ1v) is 7.24. The highest BCUT2D eigenvalue weighted by atomic mass is 79.9. The Kier molecular flexibility index (Phi) is 3.13. The number of nitrogens with one attached hydrogen (secondary N) is 1. The summed E-state index contributed by atoms with van der Waals surface area (Å²) in [4.78, 5) is 0.402. The Morgan fingerprint density at radius 1 is 1.33 bits per heavy atom. The zero-order valence-corrected chi connectivity index (χ0v) is 10.5. The molecule has 1 atom stereocenters. The fourth-order valence-electron chi connectivity index (χ4n) is 1.49. The van der Waals surface area contributed by atoms with Gasteiger partial charge in [0.25, 0.3) is 0 Å². The number of halogens is 1. The molecule has 0 amide bonds. The zero-order chi connectivity index (χ0) is 10.9. The molecule has 82 valence electrons. The van der Waals surface area contributed by atoms with E-state index in [1.54, 1.807) is 24.3 Å². The van der Waals surface area contributed by atoms with E-state index in [2.05, 4.69) is 21.2 Å². The maximum Gasteiger partial charge on any atom is 0.179 e. The van der Waals surface area contributed by atoms with Crippen LogP contribution < -0.4 is 5.32 Å². The van der Waals surface area contributed by atoms with Crippen molar-refractivity contribution in [2.75, 3.05) is 12.3 Å². The average molecular weight is 290 g/mol. The lowest BCUT2D eigenvalue weighted by Gasteiger charge is -2.27. The van der Waals surface area contributed by atoms with Gasteiger partial charge in [-0.25, -0.2) is 8.42 Å². The third-order valence-corrected chi connectivity index (χ3v) is 4.88. The van der Waals surface area contributed by atoms with Gasteiger partial charge in [0, 0.05) is 10.5 Å². The molecular weight excluding hydrogens is 278 g/mol. The van der Waals surface area contributed by atoms with Crippen LogP contribution in [0.3, 0.4) is 0 Å². The Morgan fingerprint density at radius 3 is 2.40 bits per heavy atom. The van der Waals surface area contributed by atoms with Crippen LogP contribution in [0.25, 0.3) is 0 Å². The standard InChI is InChI=1S/C10H12BrNO2S/c11-8-1-3-10(4-2-8)15(13,14)7-9-5-6-12-9/h1-4,9,12H,5-7H2. The van der Waals surface area contributed by atoms with Gasteiger partial charge in [0.1, 0.15) is 0 Å². The first kappa shape index (κ1) is 11.1. The smallest absolute Gasteiger partial charge is 0.179 e. The van der Waals surface area contributed by atoms with Crippen molar-refractivity contribution in [1.82, 2.24) is 5.32 Å². The molecule has 15 heavy (non-hydrogen) atoms. The summed E-state index contributed by atoms with van der Waals surface area (Å²) in [6.07, 6.45) is 0.954. The summed E-state index contributed by atoms with van der Waals surface area (Å²) >= 11 is 3.28. The summed E-state index contributed by atoms with van der Waals surface area (Å²) in [5, 5.41) is 3.09. The van der Waals surface area contributed by atoms with Crippen molar-refractivity contribution in [3.05, 3.63) is 28.7 Å². The molecule has 1 saturated heterocycles. The monoisotopic (exact) mass is 289 g/mol. The second-order valence-electron chi connectivity index (χ2n) is 3.68. The van der Waals surface area contributed by atoms with Gasteiger partial charge in [-0.3, -0.25) is 0 Å². The fraction of sp³-hybridized carbons (Fsp3) is 0.400. The predicted octanol–water partition coefficient (Wildman–Crippen LogP) is 1.58. The van der Waals surface area contributed by atoms with E-state index in [0.29, 0.717) is 4.90 Å². The minimum absolute atomic E-state index is 0.138. The van der Waals surface area contributed by atoms with Crippen LogP contribution in [0.5, 0.6) is 0 Å². The maximum atomic E-state index is 11.9. The molecule has 0 radical (unpaired) electrons. The first-order valence-electron chi connectivity index (χ1n) is 4.80. The summed E-state index contributed by atoms with van der Waals surface area (Å²) in [7, 11) is -3.12. The normalized spacial score (nSPS) is 21.0. The third-order valence-electron chi connectivity index (χ3n) is 2.52. The topological polar surface area (TPSA) is 46.2 Å². The molecule has 1 N–H and O–H groups in total. The van der Waals surface area contributed by atoms with E-state index in [1.165, 1.54) is 0 Å².